The highest BCUT2D eigenvalue weighted by Gasteiger charge is 2.17. The van der Waals surface area contributed by atoms with Crippen LogP contribution >= 0.6 is 0 Å². The molecular weight excluding hydrogens is 290 g/mol. The maximum Gasteiger partial charge on any atom is 0.168 e. The van der Waals surface area contributed by atoms with Crippen LogP contribution in [-0.4, -0.2) is 35.0 Å². The zero-order chi connectivity index (χ0) is 16.8. The van der Waals surface area contributed by atoms with Crippen molar-refractivity contribution in [1.82, 2.24) is 9.97 Å². The molecule has 0 saturated heterocycles. The molecule has 0 aliphatic rings. The Morgan fingerprint density at radius 2 is 1.96 bits per heavy atom. The van der Waals surface area contributed by atoms with E-state index in [4.69, 9.17) is 0 Å². The van der Waals surface area contributed by atoms with Crippen LogP contribution < -0.4 is 4.90 Å². The number of rotatable bonds is 7. The molecule has 0 spiro atoms. The number of benzene rings is 1. The Labute approximate surface area is 137 Å². The second-order valence-electron chi connectivity index (χ2n) is 5.72. The van der Waals surface area contributed by atoms with Gasteiger partial charge in [-0.2, -0.15) is 0 Å². The molecule has 122 valence electrons. The lowest BCUT2D eigenvalue weighted by atomic mass is 10.1. The molecule has 1 heterocycles. The van der Waals surface area contributed by atoms with Crippen LogP contribution in [0.25, 0.3) is 11.4 Å². The fraction of sp³-hybridized carbons (Fsp3) is 0.389. The number of nitrogens with zero attached hydrogens (tertiary/aromatic N) is 3. The van der Waals surface area contributed by atoms with Gasteiger partial charge in [0.15, 0.2) is 11.6 Å². The van der Waals surface area contributed by atoms with E-state index in [2.05, 4.69) is 16.9 Å². The number of phenolic OH excluding ortho intramolecular Hbond substituents is 1. The maximum atomic E-state index is 12.4. The van der Waals surface area contributed by atoms with Crippen LogP contribution in [0.15, 0.2) is 30.5 Å². The predicted molar refractivity (Wildman–Crippen MR) is 91.9 cm³/mol. The van der Waals surface area contributed by atoms with E-state index in [1.54, 1.807) is 29.3 Å². The summed E-state index contributed by atoms with van der Waals surface area (Å²) < 4.78 is 0. The smallest absolute Gasteiger partial charge is 0.168 e. The quantitative estimate of drug-likeness (QED) is 0.624. The highest BCUT2D eigenvalue weighted by atomic mass is 16.3. The number of carbonyl (C=O) groups is 1. The Morgan fingerprint density at radius 1 is 1.22 bits per heavy atom. The highest BCUT2D eigenvalue weighted by Crippen LogP contribution is 2.28. The van der Waals surface area contributed by atoms with E-state index < -0.39 is 0 Å². The van der Waals surface area contributed by atoms with Crippen molar-refractivity contribution >= 4 is 11.6 Å². The molecule has 0 amide bonds. The van der Waals surface area contributed by atoms with Crippen molar-refractivity contribution in [2.24, 2.45) is 0 Å². The third-order valence-corrected chi connectivity index (χ3v) is 3.64. The van der Waals surface area contributed by atoms with Gasteiger partial charge in [-0.25, -0.2) is 9.97 Å². The fourth-order valence-electron chi connectivity index (χ4n) is 2.37. The number of hydrogen-bond donors (Lipinski definition) is 1. The number of ketones is 1. The summed E-state index contributed by atoms with van der Waals surface area (Å²) in [5.41, 5.74) is 1.09. The summed E-state index contributed by atoms with van der Waals surface area (Å²) in [6.07, 6.45) is 5.08. The van der Waals surface area contributed by atoms with Crippen molar-refractivity contribution in [2.45, 2.75) is 32.6 Å². The van der Waals surface area contributed by atoms with Crippen LogP contribution in [0.3, 0.4) is 0 Å². The van der Waals surface area contributed by atoms with Gasteiger partial charge in [-0.1, -0.05) is 31.9 Å². The van der Waals surface area contributed by atoms with E-state index in [1.165, 1.54) is 0 Å². The van der Waals surface area contributed by atoms with Crippen molar-refractivity contribution in [3.63, 3.8) is 0 Å². The first kappa shape index (κ1) is 16.9. The molecule has 2 aromatic rings. The van der Waals surface area contributed by atoms with Gasteiger partial charge >= 0.3 is 0 Å². The molecule has 23 heavy (non-hydrogen) atoms. The molecule has 1 aromatic carbocycles. The standard InChI is InChI=1S/C18H23N3O2/c1-4-5-6-10-16(23)14-12-19-17(20-18(14)21(2)3)13-9-7-8-11-15(13)22/h7-9,11-12,22H,4-6,10H2,1-3H3. The van der Waals surface area contributed by atoms with Gasteiger partial charge < -0.3 is 10.0 Å². The van der Waals surface area contributed by atoms with Gasteiger partial charge in [-0.05, 0) is 18.6 Å². The Kier molecular flexibility index (Phi) is 5.68. The largest absolute Gasteiger partial charge is 0.507 e. The van der Waals surface area contributed by atoms with Crippen LogP contribution in [0, 0.1) is 0 Å². The number of aromatic nitrogens is 2. The van der Waals surface area contributed by atoms with Crippen molar-refractivity contribution in [2.75, 3.05) is 19.0 Å². The summed E-state index contributed by atoms with van der Waals surface area (Å²) in [5.74, 6) is 1.18. The summed E-state index contributed by atoms with van der Waals surface area (Å²) >= 11 is 0. The monoisotopic (exact) mass is 313 g/mol. The lowest BCUT2D eigenvalue weighted by Crippen LogP contribution is -2.17. The van der Waals surface area contributed by atoms with Gasteiger partial charge in [0.2, 0.25) is 0 Å². The van der Waals surface area contributed by atoms with Crippen LogP contribution in [0.1, 0.15) is 43.0 Å². The second-order valence-corrected chi connectivity index (χ2v) is 5.72. The molecule has 0 aliphatic heterocycles. The predicted octanol–water partition coefficient (Wildman–Crippen LogP) is 3.68. The first-order valence-electron chi connectivity index (χ1n) is 7.90. The lowest BCUT2D eigenvalue weighted by molar-refractivity contribution is 0.0979. The molecule has 5 nitrogen and oxygen atoms in total. The van der Waals surface area contributed by atoms with E-state index in [-0.39, 0.29) is 11.5 Å². The summed E-state index contributed by atoms with van der Waals surface area (Å²) in [5, 5.41) is 9.95. The Hall–Kier alpha value is -2.43. The van der Waals surface area contributed by atoms with Crippen molar-refractivity contribution in [1.29, 1.82) is 0 Å². The summed E-state index contributed by atoms with van der Waals surface area (Å²) in [6, 6.07) is 6.92. The van der Waals surface area contributed by atoms with Gasteiger partial charge in [0.05, 0.1) is 11.1 Å². The van der Waals surface area contributed by atoms with Crippen LogP contribution in [0.5, 0.6) is 5.75 Å². The molecule has 2 rings (SSSR count). The average Bonchev–Trinajstić information content (AvgIpc) is 2.55. The number of hydrogen-bond acceptors (Lipinski definition) is 5. The molecule has 5 heteroatoms. The number of para-hydroxylation sites is 1. The Bertz CT molecular complexity index is 684. The average molecular weight is 313 g/mol. The number of Topliss-reactive ketones (excluding diaryl/α,β-unsaturated/α-hetero) is 1. The molecule has 0 saturated carbocycles. The minimum Gasteiger partial charge on any atom is -0.507 e. The zero-order valence-corrected chi connectivity index (χ0v) is 13.9. The topological polar surface area (TPSA) is 66.3 Å². The van der Waals surface area contributed by atoms with Gasteiger partial charge in [-0.3, -0.25) is 4.79 Å². The zero-order valence-electron chi connectivity index (χ0n) is 13.9. The number of unbranched alkanes of at least 4 members (excludes halogenated alkanes) is 2. The molecule has 0 atom stereocenters. The highest BCUT2D eigenvalue weighted by molar-refractivity contribution is 6.00. The summed E-state index contributed by atoms with van der Waals surface area (Å²) in [4.78, 5) is 23.0. The van der Waals surface area contributed by atoms with E-state index in [0.717, 1.165) is 19.3 Å². The van der Waals surface area contributed by atoms with Crippen LogP contribution in [0.4, 0.5) is 5.82 Å². The molecule has 0 unspecified atom stereocenters. The lowest BCUT2D eigenvalue weighted by Gasteiger charge is -2.16. The fourth-order valence-corrected chi connectivity index (χ4v) is 2.37. The number of aromatic hydroxyl groups is 1. The Balaban J connectivity index is 2.35. The van der Waals surface area contributed by atoms with Crippen LogP contribution in [-0.2, 0) is 0 Å². The van der Waals surface area contributed by atoms with E-state index in [1.807, 2.05) is 20.2 Å². The van der Waals surface area contributed by atoms with E-state index in [0.29, 0.717) is 29.2 Å². The van der Waals surface area contributed by atoms with E-state index >= 15 is 0 Å². The number of anilines is 1. The molecule has 0 aliphatic carbocycles. The third kappa shape index (κ3) is 4.06. The normalized spacial score (nSPS) is 10.6. The van der Waals surface area contributed by atoms with Crippen molar-refractivity contribution in [3.05, 3.63) is 36.0 Å². The van der Waals surface area contributed by atoms with Crippen molar-refractivity contribution in [3.8, 4) is 17.1 Å². The van der Waals surface area contributed by atoms with Crippen molar-refractivity contribution < 1.29 is 9.90 Å². The summed E-state index contributed by atoms with van der Waals surface area (Å²) in [6.45, 7) is 2.11. The minimum absolute atomic E-state index is 0.0611. The number of carbonyl (C=O) groups excluding carboxylic acids is 1. The maximum absolute atomic E-state index is 12.4. The first-order valence-corrected chi connectivity index (χ1v) is 7.90. The Morgan fingerprint density at radius 3 is 2.61 bits per heavy atom. The number of phenols is 1. The van der Waals surface area contributed by atoms with Gasteiger partial charge in [0, 0.05) is 26.7 Å². The first-order chi connectivity index (χ1) is 11.0. The molecule has 0 radical (unpaired) electrons. The van der Waals surface area contributed by atoms with Crippen LogP contribution in [0.2, 0.25) is 0 Å². The minimum atomic E-state index is 0.0611. The van der Waals surface area contributed by atoms with E-state index in [9.17, 15) is 9.90 Å². The SMILES string of the molecule is CCCCCC(=O)c1cnc(-c2ccccc2O)nc1N(C)C. The molecular formula is C18H23N3O2. The molecule has 1 N–H and O–H groups in total. The summed E-state index contributed by atoms with van der Waals surface area (Å²) in [7, 11) is 3.69. The molecule has 1 aromatic heterocycles. The second kappa shape index (κ2) is 7.72. The van der Waals surface area contributed by atoms with Gasteiger partial charge in [0.25, 0.3) is 0 Å². The van der Waals surface area contributed by atoms with Gasteiger partial charge in [-0.15, -0.1) is 0 Å². The van der Waals surface area contributed by atoms with Gasteiger partial charge in [0.1, 0.15) is 11.6 Å². The molecule has 0 bridgehead atoms. The molecule has 0 fully saturated rings. The third-order valence-electron chi connectivity index (χ3n) is 3.64.